The molecule has 0 fully saturated rings. The third kappa shape index (κ3) is 4.86. The van der Waals surface area contributed by atoms with Crippen molar-refractivity contribution in [3.63, 3.8) is 0 Å². The van der Waals surface area contributed by atoms with Gasteiger partial charge in [0.1, 0.15) is 17.5 Å². The van der Waals surface area contributed by atoms with Crippen molar-refractivity contribution in [2.75, 3.05) is 0 Å². The minimum absolute atomic E-state index is 0.0710. The fourth-order valence-corrected chi connectivity index (χ4v) is 1.25. The molecule has 0 radical (unpaired) electrons. The highest BCUT2D eigenvalue weighted by Gasteiger charge is 2.24. The predicted octanol–water partition coefficient (Wildman–Crippen LogP) is 0.930. The second-order valence-corrected chi connectivity index (χ2v) is 4.78. The van der Waals surface area contributed by atoms with Crippen LogP contribution in [0.4, 0.5) is 4.79 Å². The summed E-state index contributed by atoms with van der Waals surface area (Å²) in [6.07, 6.45) is 2.41. The quantitative estimate of drug-likeness (QED) is 0.742. The maximum absolute atomic E-state index is 11.5. The summed E-state index contributed by atoms with van der Waals surface area (Å²) < 4.78 is 4.99. The van der Waals surface area contributed by atoms with Gasteiger partial charge in [-0.05, 0) is 20.8 Å². The molecule has 0 spiro atoms. The van der Waals surface area contributed by atoms with E-state index in [1.54, 1.807) is 27.0 Å². The number of nitrogens with one attached hydrogen (secondary N) is 2. The molecule has 0 aliphatic rings. The topological polar surface area (TPSA) is 104 Å². The number of carbonyl (C=O) groups is 2. The fraction of sp³-hybridized carbons (Fsp3) is 0.545. The van der Waals surface area contributed by atoms with E-state index in [0.29, 0.717) is 5.82 Å². The Bertz CT molecular complexity index is 408. The second-order valence-electron chi connectivity index (χ2n) is 4.78. The number of alkyl carbamates (subject to hydrolysis) is 1. The average molecular weight is 255 g/mol. The molecule has 1 aromatic rings. The minimum Gasteiger partial charge on any atom is -0.480 e. The smallest absolute Gasteiger partial charge is 0.408 e. The summed E-state index contributed by atoms with van der Waals surface area (Å²) in [5.74, 6) is -0.657. The van der Waals surface area contributed by atoms with E-state index < -0.39 is 23.7 Å². The number of carboxylic acids is 1. The third-order valence-corrected chi connectivity index (χ3v) is 1.94. The van der Waals surface area contributed by atoms with Gasteiger partial charge in [0.05, 0.1) is 0 Å². The number of aromatic nitrogens is 2. The van der Waals surface area contributed by atoms with Crippen LogP contribution in [-0.4, -0.2) is 38.8 Å². The van der Waals surface area contributed by atoms with Crippen molar-refractivity contribution >= 4 is 12.1 Å². The van der Waals surface area contributed by atoms with E-state index >= 15 is 0 Å². The second kappa shape index (κ2) is 5.52. The zero-order chi connectivity index (χ0) is 13.8. The van der Waals surface area contributed by atoms with Crippen LogP contribution in [0.1, 0.15) is 26.6 Å². The first-order valence-corrected chi connectivity index (χ1v) is 5.48. The fourth-order valence-electron chi connectivity index (χ4n) is 1.25. The van der Waals surface area contributed by atoms with E-state index in [9.17, 15) is 9.59 Å². The molecule has 100 valence electrons. The van der Waals surface area contributed by atoms with Gasteiger partial charge in [-0.2, -0.15) is 0 Å². The first kappa shape index (κ1) is 14.0. The van der Waals surface area contributed by atoms with Crippen LogP contribution in [0.5, 0.6) is 0 Å². The number of aromatic amines is 1. The van der Waals surface area contributed by atoms with Crippen LogP contribution >= 0.6 is 0 Å². The van der Waals surface area contributed by atoms with E-state index in [1.165, 1.54) is 6.20 Å². The number of amides is 1. The largest absolute Gasteiger partial charge is 0.480 e. The van der Waals surface area contributed by atoms with Crippen molar-refractivity contribution in [2.24, 2.45) is 0 Å². The van der Waals surface area contributed by atoms with Crippen LogP contribution in [0.25, 0.3) is 0 Å². The predicted molar refractivity (Wildman–Crippen MR) is 63.1 cm³/mol. The van der Waals surface area contributed by atoms with E-state index in [2.05, 4.69) is 15.3 Å². The van der Waals surface area contributed by atoms with Crippen molar-refractivity contribution in [2.45, 2.75) is 38.8 Å². The number of hydrogen-bond acceptors (Lipinski definition) is 4. The summed E-state index contributed by atoms with van der Waals surface area (Å²) in [4.78, 5) is 29.2. The van der Waals surface area contributed by atoms with Gasteiger partial charge < -0.3 is 20.1 Å². The molecule has 1 aromatic heterocycles. The molecule has 1 unspecified atom stereocenters. The molecule has 0 saturated heterocycles. The number of carbonyl (C=O) groups excluding carboxylic acids is 1. The van der Waals surface area contributed by atoms with Gasteiger partial charge in [0.2, 0.25) is 0 Å². The van der Waals surface area contributed by atoms with E-state index in [0.717, 1.165) is 0 Å². The van der Waals surface area contributed by atoms with Gasteiger partial charge in [0.15, 0.2) is 0 Å². The molecular formula is C11H17N3O4. The molecule has 0 bridgehead atoms. The average Bonchev–Trinajstić information content (AvgIpc) is 2.66. The lowest BCUT2D eigenvalue weighted by Crippen LogP contribution is -2.44. The highest BCUT2D eigenvalue weighted by Crippen LogP contribution is 2.07. The lowest BCUT2D eigenvalue weighted by atomic mass is 10.2. The van der Waals surface area contributed by atoms with Crippen LogP contribution in [0.3, 0.4) is 0 Å². The van der Waals surface area contributed by atoms with Gasteiger partial charge in [-0.1, -0.05) is 0 Å². The Morgan fingerprint density at radius 2 is 2.22 bits per heavy atom. The SMILES string of the molecule is CC(C)(C)OC(=O)NC(Cc1ncc[nH]1)C(=O)O. The summed E-state index contributed by atoms with van der Waals surface area (Å²) in [7, 11) is 0. The Labute approximate surface area is 105 Å². The summed E-state index contributed by atoms with van der Waals surface area (Å²) in [6, 6.07) is -1.08. The third-order valence-electron chi connectivity index (χ3n) is 1.94. The molecule has 3 N–H and O–H groups in total. The Morgan fingerprint density at radius 1 is 1.56 bits per heavy atom. The van der Waals surface area contributed by atoms with Crippen molar-refractivity contribution in [1.82, 2.24) is 15.3 Å². The molecule has 7 nitrogen and oxygen atoms in total. The summed E-state index contributed by atoms with van der Waals surface area (Å²) in [6.45, 7) is 5.11. The number of aliphatic carboxylic acids is 1. The highest BCUT2D eigenvalue weighted by atomic mass is 16.6. The molecular weight excluding hydrogens is 238 g/mol. The number of rotatable bonds is 4. The first-order valence-electron chi connectivity index (χ1n) is 5.48. The van der Waals surface area contributed by atoms with Crippen LogP contribution in [0, 0.1) is 0 Å². The Kier molecular flexibility index (Phi) is 4.30. The van der Waals surface area contributed by atoms with E-state index in [-0.39, 0.29) is 6.42 Å². The zero-order valence-corrected chi connectivity index (χ0v) is 10.6. The Balaban J connectivity index is 2.58. The molecule has 0 saturated carbocycles. The van der Waals surface area contributed by atoms with Crippen molar-refractivity contribution < 1.29 is 19.4 Å². The molecule has 0 aromatic carbocycles. The first-order chi connectivity index (χ1) is 8.28. The molecule has 1 amide bonds. The molecule has 1 heterocycles. The van der Waals surface area contributed by atoms with Gasteiger partial charge >= 0.3 is 12.1 Å². The van der Waals surface area contributed by atoms with Crippen molar-refractivity contribution in [3.8, 4) is 0 Å². The van der Waals surface area contributed by atoms with Gasteiger partial charge in [-0.3, -0.25) is 0 Å². The number of hydrogen-bond donors (Lipinski definition) is 3. The molecule has 1 atom stereocenters. The number of carboxylic acid groups (broad SMARTS) is 1. The number of nitrogens with zero attached hydrogens (tertiary/aromatic N) is 1. The van der Waals surface area contributed by atoms with Crippen LogP contribution in [0.2, 0.25) is 0 Å². The zero-order valence-electron chi connectivity index (χ0n) is 10.6. The maximum Gasteiger partial charge on any atom is 0.408 e. The lowest BCUT2D eigenvalue weighted by Gasteiger charge is -2.21. The number of H-pyrrole nitrogens is 1. The van der Waals surface area contributed by atoms with Crippen molar-refractivity contribution in [3.05, 3.63) is 18.2 Å². The standard InChI is InChI=1S/C11H17N3O4/c1-11(2,3)18-10(17)14-7(9(15)16)6-8-12-4-5-13-8/h4-5,7H,6H2,1-3H3,(H,12,13)(H,14,17)(H,15,16). The van der Waals surface area contributed by atoms with E-state index in [4.69, 9.17) is 9.84 Å². The van der Waals surface area contributed by atoms with Gasteiger partial charge in [-0.15, -0.1) is 0 Å². The molecule has 0 aliphatic heterocycles. The highest BCUT2D eigenvalue weighted by molar-refractivity contribution is 5.80. The summed E-state index contributed by atoms with van der Waals surface area (Å²) in [5, 5.41) is 11.3. The van der Waals surface area contributed by atoms with Gasteiger partial charge in [0, 0.05) is 18.8 Å². The normalized spacial score (nSPS) is 12.8. The lowest BCUT2D eigenvalue weighted by molar-refractivity contribution is -0.139. The van der Waals surface area contributed by atoms with Crippen LogP contribution in [0.15, 0.2) is 12.4 Å². The molecule has 1 rings (SSSR count). The molecule has 18 heavy (non-hydrogen) atoms. The van der Waals surface area contributed by atoms with Crippen LogP contribution in [-0.2, 0) is 16.0 Å². The summed E-state index contributed by atoms with van der Waals surface area (Å²) >= 11 is 0. The van der Waals surface area contributed by atoms with Gasteiger partial charge in [0.25, 0.3) is 0 Å². The Morgan fingerprint density at radius 3 is 2.67 bits per heavy atom. The monoisotopic (exact) mass is 255 g/mol. The van der Waals surface area contributed by atoms with E-state index in [1.807, 2.05) is 0 Å². The molecule has 0 aliphatic carbocycles. The van der Waals surface area contributed by atoms with Crippen molar-refractivity contribution in [1.29, 1.82) is 0 Å². The maximum atomic E-state index is 11.5. The molecule has 7 heteroatoms. The van der Waals surface area contributed by atoms with Gasteiger partial charge in [-0.25, -0.2) is 14.6 Å². The Hall–Kier alpha value is -2.05. The van der Waals surface area contributed by atoms with Crippen LogP contribution < -0.4 is 5.32 Å². The number of imidazole rings is 1. The summed E-state index contributed by atoms with van der Waals surface area (Å²) in [5.41, 5.74) is -0.669. The minimum atomic E-state index is -1.14. The number of ether oxygens (including phenoxy) is 1.